The third-order valence-corrected chi connectivity index (χ3v) is 10.4. The Morgan fingerprint density at radius 1 is 0.800 bits per heavy atom. The topological polar surface area (TPSA) is 36.9 Å². The molecule has 0 spiro atoms. The number of hydrogen-bond acceptors (Lipinski definition) is 4. The molecule has 0 aromatic heterocycles. The molecule has 0 saturated heterocycles. The van der Waals surface area contributed by atoms with E-state index in [1.54, 1.807) is 0 Å². The number of halogens is 1. The Morgan fingerprint density at radius 2 is 1.20 bits per heavy atom. The lowest BCUT2D eigenvalue weighted by Gasteiger charge is -2.46. The van der Waals surface area contributed by atoms with Crippen molar-refractivity contribution in [2.24, 2.45) is 0 Å². The van der Waals surface area contributed by atoms with Crippen molar-refractivity contribution in [1.82, 2.24) is 0 Å². The molecular weight excluding hydrogens is 295 g/mol. The Kier molecular flexibility index (Phi) is 7.30. The van der Waals surface area contributed by atoms with Gasteiger partial charge in [-0.05, 0) is 47.1 Å². The van der Waals surface area contributed by atoms with Crippen molar-refractivity contribution >= 4 is 17.5 Å². The zero-order chi connectivity index (χ0) is 15.2. The predicted octanol–water partition coefficient (Wildman–Crippen LogP) is 3.65. The van der Waals surface area contributed by atoms with E-state index in [1.165, 1.54) is 0 Å². The van der Waals surface area contributed by atoms with Gasteiger partial charge in [0.05, 0.1) is 0 Å². The van der Waals surface area contributed by atoms with Gasteiger partial charge in [0, 0.05) is 37.5 Å². The molecule has 0 aromatic carbocycles. The van der Waals surface area contributed by atoms with Crippen molar-refractivity contribution in [3.63, 3.8) is 0 Å². The molecular formula is C13H29FO4Si2. The summed E-state index contributed by atoms with van der Waals surface area (Å²) < 4.78 is 37.2. The maximum atomic E-state index is 14.8. The lowest BCUT2D eigenvalue weighted by molar-refractivity contribution is 0.106. The van der Waals surface area contributed by atoms with Gasteiger partial charge in [0.2, 0.25) is 0 Å². The van der Waals surface area contributed by atoms with Crippen LogP contribution >= 0.6 is 0 Å². The molecule has 1 aliphatic carbocycles. The van der Waals surface area contributed by atoms with Crippen LogP contribution in [0.5, 0.6) is 0 Å². The molecule has 0 N–H and O–H groups in total. The van der Waals surface area contributed by atoms with Gasteiger partial charge in [0.15, 0.2) is 0 Å². The fourth-order valence-electron chi connectivity index (χ4n) is 2.85. The van der Waals surface area contributed by atoms with Gasteiger partial charge in [-0.25, -0.2) is 4.11 Å². The SMILES string of the molecule is CCO[Si](C)(OCC)C1CC([Si](F)(OCC)OCC)C1. The average Bonchev–Trinajstić information content (AvgIpc) is 2.27. The highest BCUT2D eigenvalue weighted by molar-refractivity contribution is 6.69. The summed E-state index contributed by atoms with van der Waals surface area (Å²) in [5, 5.41) is 0. The maximum Gasteiger partial charge on any atom is 0.543 e. The molecule has 120 valence electrons. The minimum Gasteiger partial charge on any atom is -0.394 e. The molecule has 0 radical (unpaired) electrons. The Morgan fingerprint density at radius 3 is 1.55 bits per heavy atom. The van der Waals surface area contributed by atoms with Gasteiger partial charge in [-0.3, -0.25) is 0 Å². The third kappa shape index (κ3) is 4.11. The van der Waals surface area contributed by atoms with Crippen molar-refractivity contribution < 1.29 is 21.8 Å². The Hall–Kier alpha value is 0.204. The average molecular weight is 325 g/mol. The van der Waals surface area contributed by atoms with Gasteiger partial charge in [-0.15, -0.1) is 0 Å². The van der Waals surface area contributed by atoms with Gasteiger partial charge >= 0.3 is 17.5 Å². The minimum absolute atomic E-state index is 0.0832. The molecule has 1 rings (SSSR count). The zero-order valence-electron chi connectivity index (χ0n) is 13.4. The number of rotatable bonds is 10. The van der Waals surface area contributed by atoms with Crippen LogP contribution in [0.3, 0.4) is 0 Å². The highest BCUT2D eigenvalue weighted by Gasteiger charge is 2.59. The molecule has 0 aromatic rings. The van der Waals surface area contributed by atoms with Crippen LogP contribution in [0.25, 0.3) is 0 Å². The summed E-state index contributed by atoms with van der Waals surface area (Å²) in [7, 11) is -5.71. The van der Waals surface area contributed by atoms with E-state index >= 15 is 0 Å². The summed E-state index contributed by atoms with van der Waals surface area (Å²) in [6, 6.07) is 0. The first-order valence-electron chi connectivity index (χ1n) is 7.70. The fraction of sp³-hybridized carbons (Fsp3) is 1.00. The van der Waals surface area contributed by atoms with Gasteiger partial charge in [0.25, 0.3) is 0 Å². The van der Waals surface area contributed by atoms with Crippen LogP contribution in [0, 0.1) is 0 Å². The van der Waals surface area contributed by atoms with Gasteiger partial charge in [-0.2, -0.15) is 0 Å². The highest BCUT2D eigenvalue weighted by atomic mass is 28.4. The van der Waals surface area contributed by atoms with Crippen LogP contribution in [0.2, 0.25) is 17.6 Å². The van der Waals surface area contributed by atoms with Crippen molar-refractivity contribution in [1.29, 1.82) is 0 Å². The zero-order valence-corrected chi connectivity index (χ0v) is 15.4. The Labute approximate surface area is 124 Å². The van der Waals surface area contributed by atoms with Gasteiger partial charge in [0.1, 0.15) is 0 Å². The van der Waals surface area contributed by atoms with E-state index in [4.69, 9.17) is 17.7 Å². The summed E-state index contributed by atoms with van der Waals surface area (Å²) >= 11 is 0. The summed E-state index contributed by atoms with van der Waals surface area (Å²) in [5.74, 6) is 0. The second-order valence-electron chi connectivity index (χ2n) is 5.20. The molecule has 0 amide bonds. The Bertz CT molecular complexity index is 250. The molecule has 7 heteroatoms. The van der Waals surface area contributed by atoms with Crippen molar-refractivity contribution in [3.8, 4) is 0 Å². The summed E-state index contributed by atoms with van der Waals surface area (Å²) in [6.45, 7) is 11.7. The molecule has 1 fully saturated rings. The normalized spacial score (nSPS) is 23.7. The van der Waals surface area contributed by atoms with Crippen LogP contribution in [-0.4, -0.2) is 43.9 Å². The van der Waals surface area contributed by atoms with Crippen molar-refractivity contribution in [2.45, 2.75) is 58.2 Å². The lowest BCUT2D eigenvalue weighted by atomic mass is 9.98. The van der Waals surface area contributed by atoms with Crippen molar-refractivity contribution in [2.75, 3.05) is 26.4 Å². The molecule has 1 saturated carbocycles. The van der Waals surface area contributed by atoms with Crippen LogP contribution in [0.15, 0.2) is 0 Å². The van der Waals surface area contributed by atoms with E-state index in [9.17, 15) is 4.11 Å². The van der Waals surface area contributed by atoms with Gasteiger partial charge in [-0.1, -0.05) is 0 Å². The van der Waals surface area contributed by atoms with Crippen molar-refractivity contribution in [3.05, 3.63) is 0 Å². The van der Waals surface area contributed by atoms with Crippen LogP contribution in [0.4, 0.5) is 4.11 Å². The third-order valence-electron chi connectivity index (χ3n) is 3.91. The van der Waals surface area contributed by atoms with E-state index in [0.717, 1.165) is 12.8 Å². The molecule has 4 nitrogen and oxygen atoms in total. The summed E-state index contributed by atoms with van der Waals surface area (Å²) in [6.07, 6.45) is 1.54. The lowest BCUT2D eigenvalue weighted by Crippen LogP contribution is -2.54. The Balaban J connectivity index is 2.62. The second kappa shape index (κ2) is 8.00. The first-order chi connectivity index (χ1) is 9.45. The van der Waals surface area contributed by atoms with Crippen LogP contribution < -0.4 is 0 Å². The highest BCUT2D eigenvalue weighted by Crippen LogP contribution is 2.54. The fourth-order valence-corrected chi connectivity index (χ4v) is 8.92. The van der Waals surface area contributed by atoms with E-state index in [-0.39, 0.29) is 5.54 Å². The van der Waals surface area contributed by atoms with Crippen LogP contribution in [0.1, 0.15) is 40.5 Å². The summed E-state index contributed by atoms with van der Waals surface area (Å²) in [5.41, 5.74) is 0.260. The first-order valence-corrected chi connectivity index (χ1v) is 11.9. The largest absolute Gasteiger partial charge is 0.543 e. The monoisotopic (exact) mass is 324 g/mol. The van der Waals surface area contributed by atoms with E-state index < -0.39 is 17.5 Å². The molecule has 0 aliphatic heterocycles. The quantitative estimate of drug-likeness (QED) is 0.454. The standard InChI is InChI=1S/C13H29FO4Si2/c1-6-15-19(5,16-7-2)12-10-13(11-12)20(14,17-8-3)18-9-4/h12-13H,6-11H2,1-5H3. The van der Waals surface area contributed by atoms with E-state index in [0.29, 0.717) is 32.0 Å². The molecule has 20 heavy (non-hydrogen) atoms. The minimum atomic E-state index is -3.52. The number of hydrogen-bond donors (Lipinski definition) is 0. The molecule has 0 unspecified atom stereocenters. The predicted molar refractivity (Wildman–Crippen MR) is 81.7 cm³/mol. The van der Waals surface area contributed by atoms with Gasteiger partial charge < -0.3 is 17.7 Å². The molecule has 0 heterocycles. The van der Waals surface area contributed by atoms with E-state index in [2.05, 4.69) is 6.55 Å². The molecule has 1 aliphatic rings. The smallest absolute Gasteiger partial charge is 0.394 e. The van der Waals surface area contributed by atoms with E-state index in [1.807, 2.05) is 27.7 Å². The molecule has 0 bridgehead atoms. The first kappa shape index (κ1) is 18.3. The molecule has 0 atom stereocenters. The van der Waals surface area contributed by atoms with Crippen LogP contribution in [-0.2, 0) is 17.7 Å². The maximum absolute atomic E-state index is 14.8. The summed E-state index contributed by atoms with van der Waals surface area (Å²) in [4.78, 5) is 0. The second-order valence-corrected chi connectivity index (χ2v) is 11.2.